The lowest BCUT2D eigenvalue weighted by molar-refractivity contribution is -0.136. The first-order valence-corrected chi connectivity index (χ1v) is 6.07. The molecule has 5 heteroatoms. The van der Waals surface area contributed by atoms with Crippen LogP contribution >= 0.6 is 0 Å². The van der Waals surface area contributed by atoms with Crippen molar-refractivity contribution in [3.63, 3.8) is 0 Å². The van der Waals surface area contributed by atoms with Crippen molar-refractivity contribution >= 4 is 5.97 Å². The molecule has 1 heterocycles. The van der Waals surface area contributed by atoms with E-state index in [9.17, 15) is 4.79 Å². The highest BCUT2D eigenvalue weighted by Crippen LogP contribution is 2.27. The van der Waals surface area contributed by atoms with Crippen molar-refractivity contribution in [2.45, 2.75) is 19.8 Å². The molecular formula is C14H16N2O3. The molecule has 1 aromatic heterocycles. The van der Waals surface area contributed by atoms with Crippen LogP contribution in [0.15, 0.2) is 24.5 Å². The summed E-state index contributed by atoms with van der Waals surface area (Å²) in [7, 11) is 1.64. The molecule has 2 rings (SSSR count). The van der Waals surface area contributed by atoms with Crippen molar-refractivity contribution in [2.75, 3.05) is 7.11 Å². The molecule has 0 radical (unpaired) electrons. The number of rotatable bonds is 5. The van der Waals surface area contributed by atoms with E-state index >= 15 is 0 Å². The number of carbonyl (C=O) groups is 1. The summed E-state index contributed by atoms with van der Waals surface area (Å²) in [5, 5.41) is 8.87. The van der Waals surface area contributed by atoms with Gasteiger partial charge in [-0.05, 0) is 30.2 Å². The van der Waals surface area contributed by atoms with E-state index in [1.54, 1.807) is 7.11 Å². The molecule has 1 aromatic carbocycles. The van der Waals surface area contributed by atoms with Gasteiger partial charge in [0.25, 0.3) is 0 Å². The number of benzene rings is 1. The molecule has 0 unspecified atom stereocenters. The van der Waals surface area contributed by atoms with Crippen LogP contribution in [-0.4, -0.2) is 28.2 Å². The van der Waals surface area contributed by atoms with E-state index in [1.807, 2.05) is 25.1 Å². The largest absolute Gasteiger partial charge is 0.496 e. The van der Waals surface area contributed by atoms with Crippen LogP contribution in [0, 0.1) is 0 Å². The van der Waals surface area contributed by atoms with E-state index in [1.165, 1.54) is 6.33 Å². The lowest BCUT2D eigenvalue weighted by atomic mass is 10.0. The highest BCUT2D eigenvalue weighted by molar-refractivity contribution is 5.74. The average molecular weight is 260 g/mol. The predicted octanol–water partition coefficient (Wildman–Crippen LogP) is 2.27. The molecule has 0 atom stereocenters. The monoisotopic (exact) mass is 260 g/mol. The molecule has 5 nitrogen and oxygen atoms in total. The molecule has 0 fully saturated rings. The minimum absolute atomic E-state index is 0.0666. The number of aromatic nitrogens is 2. The second kappa shape index (κ2) is 5.56. The molecule has 2 N–H and O–H groups in total. The van der Waals surface area contributed by atoms with Gasteiger partial charge >= 0.3 is 5.97 Å². The molecule has 0 aliphatic heterocycles. The number of nitrogens with zero attached hydrogens (tertiary/aromatic N) is 1. The molecular weight excluding hydrogens is 244 g/mol. The second-order valence-electron chi connectivity index (χ2n) is 4.18. The van der Waals surface area contributed by atoms with Gasteiger partial charge in [0.05, 0.1) is 31.2 Å². The number of aryl methyl sites for hydroxylation is 1. The lowest BCUT2D eigenvalue weighted by Gasteiger charge is -2.09. The summed E-state index contributed by atoms with van der Waals surface area (Å²) in [6, 6.07) is 5.76. The standard InChI is InChI=1S/C14H16N2O3/c1-3-9-6-10(4-5-12(9)19-2)14-11(7-13(17)18)15-8-16-14/h4-6,8H,3,7H2,1-2H3,(H,15,16)(H,17,18). The number of hydrogen-bond acceptors (Lipinski definition) is 3. The number of ether oxygens (including phenoxy) is 1. The minimum Gasteiger partial charge on any atom is -0.496 e. The molecule has 0 saturated heterocycles. The number of imidazole rings is 1. The number of aromatic amines is 1. The van der Waals surface area contributed by atoms with Crippen molar-refractivity contribution in [3.8, 4) is 17.0 Å². The Morgan fingerprint density at radius 1 is 1.47 bits per heavy atom. The summed E-state index contributed by atoms with van der Waals surface area (Å²) in [4.78, 5) is 17.9. The summed E-state index contributed by atoms with van der Waals surface area (Å²) in [6.07, 6.45) is 2.29. The van der Waals surface area contributed by atoms with Crippen molar-refractivity contribution in [3.05, 3.63) is 35.8 Å². The molecule has 0 aliphatic carbocycles. The first-order valence-electron chi connectivity index (χ1n) is 6.07. The molecule has 0 bridgehead atoms. The maximum absolute atomic E-state index is 10.8. The van der Waals surface area contributed by atoms with Gasteiger partial charge in [-0.3, -0.25) is 4.79 Å². The van der Waals surface area contributed by atoms with Crippen LogP contribution in [-0.2, 0) is 17.6 Å². The fourth-order valence-electron chi connectivity index (χ4n) is 2.06. The number of nitrogens with one attached hydrogen (secondary N) is 1. The topological polar surface area (TPSA) is 75.2 Å². The maximum Gasteiger partial charge on any atom is 0.309 e. The summed E-state index contributed by atoms with van der Waals surface area (Å²) < 4.78 is 5.28. The summed E-state index contributed by atoms with van der Waals surface area (Å²) in [5.41, 5.74) is 3.26. The van der Waals surface area contributed by atoms with E-state index in [0.717, 1.165) is 23.3 Å². The van der Waals surface area contributed by atoms with Gasteiger partial charge in [-0.15, -0.1) is 0 Å². The van der Waals surface area contributed by atoms with Crippen LogP contribution in [0.2, 0.25) is 0 Å². The Kier molecular flexibility index (Phi) is 3.85. The molecule has 2 aromatic rings. The first-order chi connectivity index (χ1) is 9.15. The quantitative estimate of drug-likeness (QED) is 0.864. The second-order valence-corrected chi connectivity index (χ2v) is 4.18. The van der Waals surface area contributed by atoms with Gasteiger partial charge in [0.2, 0.25) is 0 Å². The maximum atomic E-state index is 10.8. The zero-order valence-electron chi connectivity index (χ0n) is 10.9. The number of methoxy groups -OCH3 is 1. The van der Waals surface area contributed by atoms with E-state index < -0.39 is 5.97 Å². The smallest absolute Gasteiger partial charge is 0.309 e. The molecule has 0 aliphatic rings. The third-order valence-electron chi connectivity index (χ3n) is 2.98. The summed E-state index contributed by atoms with van der Waals surface area (Å²) >= 11 is 0. The third kappa shape index (κ3) is 2.76. The Morgan fingerprint density at radius 3 is 2.89 bits per heavy atom. The van der Waals surface area contributed by atoms with Crippen LogP contribution in [0.3, 0.4) is 0 Å². The predicted molar refractivity (Wildman–Crippen MR) is 71.3 cm³/mol. The highest BCUT2D eigenvalue weighted by atomic mass is 16.5. The van der Waals surface area contributed by atoms with E-state index in [-0.39, 0.29) is 6.42 Å². The van der Waals surface area contributed by atoms with E-state index in [2.05, 4.69) is 9.97 Å². The van der Waals surface area contributed by atoms with Gasteiger partial charge in [0.1, 0.15) is 5.75 Å². The van der Waals surface area contributed by atoms with Gasteiger partial charge < -0.3 is 14.8 Å². The van der Waals surface area contributed by atoms with Gasteiger partial charge in [0.15, 0.2) is 0 Å². The molecule has 0 spiro atoms. The summed E-state index contributed by atoms with van der Waals surface area (Å²) in [5.74, 6) is -0.0451. The Labute approximate surface area is 111 Å². The highest BCUT2D eigenvalue weighted by Gasteiger charge is 2.13. The van der Waals surface area contributed by atoms with E-state index in [4.69, 9.17) is 9.84 Å². The fraction of sp³-hybridized carbons (Fsp3) is 0.286. The van der Waals surface area contributed by atoms with Crippen molar-refractivity contribution in [1.82, 2.24) is 9.97 Å². The average Bonchev–Trinajstić information content (AvgIpc) is 2.85. The van der Waals surface area contributed by atoms with Crippen LogP contribution in [0.4, 0.5) is 0 Å². The Hall–Kier alpha value is -2.30. The normalized spacial score (nSPS) is 10.4. The van der Waals surface area contributed by atoms with Crippen LogP contribution in [0.5, 0.6) is 5.75 Å². The molecule has 0 saturated carbocycles. The van der Waals surface area contributed by atoms with Gasteiger partial charge in [-0.25, -0.2) is 4.98 Å². The van der Waals surface area contributed by atoms with Gasteiger partial charge in [0, 0.05) is 5.56 Å². The van der Waals surface area contributed by atoms with Crippen molar-refractivity contribution in [2.24, 2.45) is 0 Å². The van der Waals surface area contributed by atoms with E-state index in [0.29, 0.717) is 11.4 Å². The van der Waals surface area contributed by atoms with Gasteiger partial charge in [-0.1, -0.05) is 6.92 Å². The SMILES string of the molecule is CCc1cc(-c2nc[nH]c2CC(=O)O)ccc1OC. The number of H-pyrrole nitrogens is 1. The lowest BCUT2D eigenvalue weighted by Crippen LogP contribution is -2.02. The van der Waals surface area contributed by atoms with Crippen LogP contribution in [0.1, 0.15) is 18.2 Å². The molecule has 19 heavy (non-hydrogen) atoms. The molecule has 100 valence electrons. The summed E-state index contributed by atoms with van der Waals surface area (Å²) in [6.45, 7) is 2.05. The Balaban J connectivity index is 2.42. The van der Waals surface area contributed by atoms with Crippen LogP contribution in [0.25, 0.3) is 11.3 Å². The first kappa shape index (κ1) is 13.1. The number of aliphatic carboxylic acids is 1. The molecule has 0 amide bonds. The third-order valence-corrected chi connectivity index (χ3v) is 2.98. The number of carboxylic acids is 1. The Morgan fingerprint density at radius 2 is 2.26 bits per heavy atom. The fourth-order valence-corrected chi connectivity index (χ4v) is 2.06. The van der Waals surface area contributed by atoms with Crippen molar-refractivity contribution < 1.29 is 14.6 Å². The Bertz CT molecular complexity index is 590. The zero-order valence-corrected chi connectivity index (χ0v) is 10.9. The number of hydrogen-bond donors (Lipinski definition) is 2. The zero-order chi connectivity index (χ0) is 13.8. The minimum atomic E-state index is -0.880. The van der Waals surface area contributed by atoms with Gasteiger partial charge in [-0.2, -0.15) is 0 Å². The number of carboxylic acid groups (broad SMARTS) is 1. The van der Waals surface area contributed by atoms with Crippen LogP contribution < -0.4 is 4.74 Å². The van der Waals surface area contributed by atoms with Crippen molar-refractivity contribution in [1.29, 1.82) is 0 Å².